The van der Waals surface area contributed by atoms with Crippen LogP contribution in [0.5, 0.6) is 0 Å². The van der Waals surface area contributed by atoms with Gasteiger partial charge in [-0.3, -0.25) is 19.7 Å². The number of aromatic nitrogens is 3. The number of sulfone groups is 1. The summed E-state index contributed by atoms with van der Waals surface area (Å²) in [6.07, 6.45) is 3.34. The molecule has 0 amide bonds. The topological polar surface area (TPSA) is 96.0 Å². The third kappa shape index (κ3) is 3.32. The van der Waals surface area contributed by atoms with Crippen LogP contribution in [0.4, 0.5) is 0 Å². The summed E-state index contributed by atoms with van der Waals surface area (Å²) in [6.45, 7) is 3.81. The third-order valence-corrected chi connectivity index (χ3v) is 4.87. The molecule has 1 aliphatic heterocycles. The first-order valence-electron chi connectivity index (χ1n) is 7.29. The molecule has 0 spiro atoms. The van der Waals surface area contributed by atoms with Gasteiger partial charge in [-0.05, 0) is 25.0 Å². The molecule has 122 valence electrons. The van der Waals surface area contributed by atoms with E-state index in [1.54, 1.807) is 6.20 Å². The van der Waals surface area contributed by atoms with Crippen LogP contribution in [0.15, 0.2) is 28.3 Å². The molecule has 1 N–H and O–H groups in total. The molecule has 8 heteroatoms. The molecule has 0 bridgehead atoms. The molecule has 0 aromatic carbocycles. The fraction of sp³-hybridized carbons (Fsp3) is 0.400. The Hall–Kier alpha value is -2.06. The van der Waals surface area contributed by atoms with Gasteiger partial charge in [0.15, 0.2) is 0 Å². The van der Waals surface area contributed by atoms with Gasteiger partial charge in [0.2, 0.25) is 15.0 Å². The van der Waals surface area contributed by atoms with Crippen LogP contribution in [0, 0.1) is 6.92 Å². The smallest absolute Gasteiger partial charge is 0.255 e. The summed E-state index contributed by atoms with van der Waals surface area (Å²) in [4.78, 5) is 25.1. The molecular weight excluding hydrogens is 316 g/mol. The van der Waals surface area contributed by atoms with Gasteiger partial charge in [-0.1, -0.05) is 6.07 Å². The quantitative estimate of drug-likeness (QED) is 0.818. The number of hydrogen-bond donors (Lipinski definition) is 1. The van der Waals surface area contributed by atoms with Gasteiger partial charge in [0.25, 0.3) is 5.56 Å². The van der Waals surface area contributed by atoms with Gasteiger partial charge in [0.1, 0.15) is 0 Å². The van der Waals surface area contributed by atoms with Crippen LogP contribution < -0.4 is 5.56 Å². The minimum absolute atomic E-state index is 0.267. The van der Waals surface area contributed by atoms with Crippen LogP contribution in [0.3, 0.4) is 0 Å². The van der Waals surface area contributed by atoms with Gasteiger partial charge in [0, 0.05) is 37.7 Å². The molecule has 23 heavy (non-hydrogen) atoms. The van der Waals surface area contributed by atoms with Gasteiger partial charge in [-0.2, -0.15) is 0 Å². The third-order valence-electron chi connectivity index (χ3n) is 3.97. The summed E-state index contributed by atoms with van der Waals surface area (Å²) in [5.74, 6) is 0. The number of aryl methyl sites for hydroxylation is 1. The van der Waals surface area contributed by atoms with Crippen LogP contribution in [-0.4, -0.2) is 41.1 Å². The van der Waals surface area contributed by atoms with E-state index in [1.807, 2.05) is 19.1 Å². The monoisotopic (exact) mass is 334 g/mol. The highest BCUT2D eigenvalue weighted by molar-refractivity contribution is 7.90. The number of nitrogens with one attached hydrogen (secondary N) is 1. The molecule has 0 aliphatic carbocycles. The lowest BCUT2D eigenvalue weighted by Gasteiger charge is -2.27. The molecule has 0 radical (unpaired) electrons. The highest BCUT2D eigenvalue weighted by Gasteiger charge is 2.23. The first kappa shape index (κ1) is 15.8. The van der Waals surface area contributed by atoms with Crippen molar-refractivity contribution in [1.29, 1.82) is 0 Å². The Morgan fingerprint density at radius 3 is 2.87 bits per heavy atom. The SMILES string of the molecule is Cc1cccnc1CN1CCc2c(nc(S(C)(=O)=O)[nH]c2=O)C1. The lowest BCUT2D eigenvalue weighted by molar-refractivity contribution is 0.236. The molecule has 2 aromatic heterocycles. The van der Waals surface area contributed by atoms with Gasteiger partial charge in [-0.25, -0.2) is 13.4 Å². The highest BCUT2D eigenvalue weighted by Crippen LogP contribution is 2.17. The molecule has 1 aliphatic rings. The van der Waals surface area contributed by atoms with Crippen molar-refractivity contribution >= 4 is 9.84 Å². The van der Waals surface area contributed by atoms with Gasteiger partial charge >= 0.3 is 0 Å². The maximum absolute atomic E-state index is 12.1. The summed E-state index contributed by atoms with van der Waals surface area (Å²) in [5, 5.41) is -0.267. The second kappa shape index (κ2) is 5.86. The first-order valence-corrected chi connectivity index (χ1v) is 9.18. The largest absolute Gasteiger partial charge is 0.297 e. The van der Waals surface area contributed by atoms with Crippen LogP contribution in [0.25, 0.3) is 0 Å². The summed E-state index contributed by atoms with van der Waals surface area (Å²) in [7, 11) is -3.54. The molecule has 0 saturated carbocycles. The van der Waals surface area contributed by atoms with Crippen LogP contribution in [0.1, 0.15) is 22.5 Å². The number of rotatable bonds is 3. The Morgan fingerprint density at radius 2 is 2.17 bits per heavy atom. The van der Waals surface area contributed by atoms with Crippen molar-refractivity contribution < 1.29 is 8.42 Å². The fourth-order valence-electron chi connectivity index (χ4n) is 2.68. The molecular formula is C15H18N4O3S. The molecule has 7 nitrogen and oxygen atoms in total. The normalized spacial score (nSPS) is 15.4. The highest BCUT2D eigenvalue weighted by atomic mass is 32.2. The van der Waals surface area contributed by atoms with Crippen LogP contribution >= 0.6 is 0 Å². The summed E-state index contributed by atoms with van der Waals surface area (Å²) >= 11 is 0. The number of hydrogen-bond acceptors (Lipinski definition) is 6. The van der Waals surface area contributed by atoms with E-state index < -0.39 is 9.84 Å². The number of aromatic amines is 1. The van der Waals surface area contributed by atoms with E-state index >= 15 is 0 Å². The van der Waals surface area contributed by atoms with Crippen molar-refractivity contribution in [3.63, 3.8) is 0 Å². The lowest BCUT2D eigenvalue weighted by atomic mass is 10.1. The minimum atomic E-state index is -3.54. The lowest BCUT2D eigenvalue weighted by Crippen LogP contribution is -2.36. The number of pyridine rings is 1. The van der Waals surface area contributed by atoms with Crippen molar-refractivity contribution in [2.24, 2.45) is 0 Å². The average Bonchev–Trinajstić information content (AvgIpc) is 2.48. The van der Waals surface area contributed by atoms with Crippen molar-refractivity contribution in [2.75, 3.05) is 12.8 Å². The van der Waals surface area contributed by atoms with Crippen molar-refractivity contribution in [3.8, 4) is 0 Å². The summed E-state index contributed by atoms with van der Waals surface area (Å²) in [6, 6.07) is 3.90. The Kier molecular flexibility index (Phi) is 4.03. The van der Waals surface area contributed by atoms with Crippen molar-refractivity contribution in [2.45, 2.75) is 31.6 Å². The Bertz CT molecular complexity index is 905. The maximum Gasteiger partial charge on any atom is 0.255 e. The molecule has 0 unspecified atom stereocenters. The van der Waals surface area contributed by atoms with Crippen molar-refractivity contribution in [3.05, 3.63) is 51.2 Å². The Balaban J connectivity index is 1.90. The first-order chi connectivity index (χ1) is 10.8. The predicted octanol–water partition coefficient (Wildman–Crippen LogP) is 0.435. The zero-order valence-electron chi connectivity index (χ0n) is 13.0. The fourth-order valence-corrected chi connectivity index (χ4v) is 3.23. The average molecular weight is 334 g/mol. The predicted molar refractivity (Wildman–Crippen MR) is 84.8 cm³/mol. The van der Waals surface area contributed by atoms with E-state index in [2.05, 4.69) is 19.9 Å². The standard InChI is InChI=1S/C15H18N4O3S/c1-10-4-3-6-16-12(10)8-19-7-5-11-13(9-19)17-15(18-14(11)20)23(2,21)22/h3-4,6H,5,7-9H2,1-2H3,(H,17,18,20). The van der Waals surface area contributed by atoms with E-state index in [9.17, 15) is 13.2 Å². The van der Waals surface area contributed by atoms with E-state index in [0.717, 1.165) is 17.5 Å². The maximum atomic E-state index is 12.1. The zero-order valence-corrected chi connectivity index (χ0v) is 13.9. The van der Waals surface area contributed by atoms with E-state index in [4.69, 9.17) is 0 Å². The van der Waals surface area contributed by atoms with E-state index in [0.29, 0.717) is 37.3 Å². The minimum Gasteiger partial charge on any atom is -0.297 e. The van der Waals surface area contributed by atoms with Crippen LogP contribution in [0.2, 0.25) is 0 Å². The number of H-pyrrole nitrogens is 1. The Morgan fingerprint density at radius 1 is 1.39 bits per heavy atom. The summed E-state index contributed by atoms with van der Waals surface area (Å²) in [5.41, 5.74) is 2.84. The van der Waals surface area contributed by atoms with Crippen LogP contribution in [-0.2, 0) is 29.3 Å². The van der Waals surface area contributed by atoms with E-state index in [-0.39, 0.29) is 10.7 Å². The number of fused-ring (bicyclic) bond motifs is 1. The van der Waals surface area contributed by atoms with Gasteiger partial charge in [0.05, 0.1) is 11.4 Å². The van der Waals surface area contributed by atoms with Gasteiger partial charge < -0.3 is 0 Å². The zero-order chi connectivity index (χ0) is 16.6. The molecule has 3 heterocycles. The molecule has 0 fully saturated rings. The molecule has 0 atom stereocenters. The second-order valence-corrected chi connectivity index (χ2v) is 7.73. The Labute approximate surface area is 134 Å². The van der Waals surface area contributed by atoms with Gasteiger partial charge in [-0.15, -0.1) is 0 Å². The summed E-state index contributed by atoms with van der Waals surface area (Å²) < 4.78 is 23.3. The van der Waals surface area contributed by atoms with Crippen molar-refractivity contribution in [1.82, 2.24) is 19.9 Å². The number of nitrogens with zero attached hydrogens (tertiary/aromatic N) is 3. The molecule has 0 saturated heterocycles. The van der Waals surface area contributed by atoms with E-state index in [1.165, 1.54) is 0 Å². The molecule has 3 rings (SSSR count). The second-order valence-electron chi connectivity index (χ2n) is 5.80. The molecule has 2 aromatic rings.